The minimum absolute atomic E-state index is 0.248. The molecule has 2 N–H and O–H groups in total. The lowest BCUT2D eigenvalue weighted by Gasteiger charge is -2.14. The molecule has 5 heteroatoms. The molecule has 3 aromatic rings. The third-order valence-corrected chi connectivity index (χ3v) is 4.03. The van der Waals surface area contributed by atoms with Gasteiger partial charge in [0.25, 0.3) is 0 Å². The summed E-state index contributed by atoms with van der Waals surface area (Å²) in [4.78, 5) is 4.25. The van der Waals surface area contributed by atoms with Gasteiger partial charge in [0, 0.05) is 18.3 Å². The Labute approximate surface area is 119 Å². The number of thiophene rings is 1. The van der Waals surface area contributed by atoms with Crippen molar-refractivity contribution in [1.29, 1.82) is 0 Å². The number of nitrogens with one attached hydrogen (secondary N) is 1. The van der Waals surface area contributed by atoms with Gasteiger partial charge in [-0.2, -0.15) is 0 Å². The van der Waals surface area contributed by atoms with E-state index in [1.54, 1.807) is 35.7 Å². The normalized spacial score (nSPS) is 12.5. The van der Waals surface area contributed by atoms with Gasteiger partial charge < -0.3 is 10.4 Å². The first-order valence-electron chi connectivity index (χ1n) is 6.24. The van der Waals surface area contributed by atoms with Crippen LogP contribution in [0.15, 0.2) is 48.0 Å². The van der Waals surface area contributed by atoms with Crippen LogP contribution in [0.25, 0.3) is 10.2 Å². The van der Waals surface area contributed by atoms with Crippen LogP contribution in [0, 0.1) is 5.82 Å². The van der Waals surface area contributed by atoms with E-state index in [0.29, 0.717) is 5.56 Å². The van der Waals surface area contributed by atoms with Crippen LogP contribution in [-0.4, -0.2) is 16.6 Å². The van der Waals surface area contributed by atoms with E-state index in [1.807, 2.05) is 17.5 Å². The van der Waals surface area contributed by atoms with Gasteiger partial charge in [-0.15, -0.1) is 11.3 Å². The molecule has 0 saturated heterocycles. The zero-order valence-corrected chi connectivity index (χ0v) is 11.4. The summed E-state index contributed by atoms with van der Waals surface area (Å²) in [5.41, 5.74) is 2.12. The van der Waals surface area contributed by atoms with Gasteiger partial charge in [-0.3, -0.25) is 4.98 Å². The number of hydrogen-bond donors (Lipinski definition) is 2. The maximum atomic E-state index is 13.6. The molecule has 20 heavy (non-hydrogen) atoms. The third kappa shape index (κ3) is 2.50. The Kier molecular flexibility index (Phi) is 3.62. The van der Waals surface area contributed by atoms with Crippen LogP contribution in [-0.2, 0) is 0 Å². The lowest BCUT2D eigenvalue weighted by atomic mass is 10.1. The van der Waals surface area contributed by atoms with Gasteiger partial charge in [-0.1, -0.05) is 18.2 Å². The number of anilines is 1. The van der Waals surface area contributed by atoms with Crippen molar-refractivity contribution in [2.24, 2.45) is 0 Å². The minimum atomic E-state index is -0.889. The van der Waals surface area contributed by atoms with E-state index in [0.717, 1.165) is 15.9 Å². The number of nitrogens with zero attached hydrogens (tertiary/aromatic N) is 1. The highest BCUT2D eigenvalue weighted by Crippen LogP contribution is 2.27. The molecule has 0 radical (unpaired) electrons. The summed E-state index contributed by atoms with van der Waals surface area (Å²) < 4.78 is 14.6. The lowest BCUT2D eigenvalue weighted by molar-refractivity contribution is 0.186. The van der Waals surface area contributed by atoms with Crippen molar-refractivity contribution >= 4 is 27.2 Å². The molecule has 0 spiro atoms. The fraction of sp³-hybridized carbons (Fsp3) is 0.133. The zero-order chi connectivity index (χ0) is 13.9. The average Bonchev–Trinajstić information content (AvgIpc) is 2.94. The first-order valence-corrected chi connectivity index (χ1v) is 7.12. The summed E-state index contributed by atoms with van der Waals surface area (Å²) in [5.74, 6) is -0.391. The van der Waals surface area contributed by atoms with Gasteiger partial charge in [-0.05, 0) is 23.6 Å². The Morgan fingerprint density at radius 2 is 2.10 bits per heavy atom. The SMILES string of the molecule is OC(CNc1ccnc2ccsc12)c1ccccc1F. The summed E-state index contributed by atoms with van der Waals surface area (Å²) in [6.07, 6.45) is 0.826. The molecular formula is C15H13FN2OS. The van der Waals surface area contributed by atoms with Gasteiger partial charge in [-0.25, -0.2) is 4.39 Å². The van der Waals surface area contributed by atoms with Crippen molar-refractivity contribution in [3.05, 3.63) is 59.4 Å². The highest BCUT2D eigenvalue weighted by molar-refractivity contribution is 7.17. The summed E-state index contributed by atoms with van der Waals surface area (Å²) >= 11 is 1.58. The van der Waals surface area contributed by atoms with Crippen molar-refractivity contribution in [3.8, 4) is 0 Å². The smallest absolute Gasteiger partial charge is 0.129 e. The summed E-state index contributed by atoms with van der Waals surface area (Å²) in [7, 11) is 0. The molecule has 102 valence electrons. The van der Waals surface area contributed by atoms with Gasteiger partial charge in [0.05, 0.1) is 22.0 Å². The average molecular weight is 288 g/mol. The Bertz CT molecular complexity index is 728. The van der Waals surface area contributed by atoms with Crippen molar-refractivity contribution in [2.75, 3.05) is 11.9 Å². The van der Waals surface area contributed by atoms with Crippen LogP contribution in [0.4, 0.5) is 10.1 Å². The lowest BCUT2D eigenvalue weighted by Crippen LogP contribution is -2.13. The number of rotatable bonds is 4. The third-order valence-electron chi connectivity index (χ3n) is 3.09. The number of pyridine rings is 1. The van der Waals surface area contributed by atoms with Crippen molar-refractivity contribution < 1.29 is 9.50 Å². The van der Waals surface area contributed by atoms with Crippen LogP contribution in [0.2, 0.25) is 0 Å². The Morgan fingerprint density at radius 1 is 1.25 bits per heavy atom. The van der Waals surface area contributed by atoms with Crippen LogP contribution in [0.5, 0.6) is 0 Å². The number of aromatic nitrogens is 1. The maximum absolute atomic E-state index is 13.6. The second kappa shape index (κ2) is 5.56. The van der Waals surface area contributed by atoms with E-state index < -0.39 is 11.9 Å². The van der Waals surface area contributed by atoms with Crippen LogP contribution in [0.3, 0.4) is 0 Å². The molecule has 1 unspecified atom stereocenters. The van der Waals surface area contributed by atoms with Crippen molar-refractivity contribution in [1.82, 2.24) is 4.98 Å². The molecule has 0 aliphatic rings. The summed E-state index contributed by atoms with van der Waals surface area (Å²) in [6, 6.07) is 10.1. The van der Waals surface area contributed by atoms with Gasteiger partial charge in [0.1, 0.15) is 5.82 Å². The molecule has 3 nitrogen and oxygen atoms in total. The maximum Gasteiger partial charge on any atom is 0.129 e. The standard InChI is InChI=1S/C15H13FN2OS/c16-11-4-2-1-3-10(11)14(19)9-18-12-5-7-17-13-6-8-20-15(12)13/h1-8,14,19H,9H2,(H,17,18). The number of halogens is 1. The van der Waals surface area contributed by atoms with Crippen LogP contribution in [0.1, 0.15) is 11.7 Å². The molecule has 0 saturated carbocycles. The Balaban J connectivity index is 1.76. The molecule has 3 rings (SSSR count). The molecule has 2 aromatic heterocycles. The van der Waals surface area contributed by atoms with E-state index in [1.165, 1.54) is 6.07 Å². The van der Waals surface area contributed by atoms with Crippen molar-refractivity contribution in [3.63, 3.8) is 0 Å². The molecule has 1 atom stereocenters. The quantitative estimate of drug-likeness (QED) is 0.771. The molecule has 0 fully saturated rings. The molecule has 0 bridgehead atoms. The molecule has 0 aliphatic heterocycles. The number of benzene rings is 1. The highest BCUT2D eigenvalue weighted by Gasteiger charge is 2.12. The zero-order valence-electron chi connectivity index (χ0n) is 10.6. The number of fused-ring (bicyclic) bond motifs is 1. The van der Waals surface area contributed by atoms with Gasteiger partial charge >= 0.3 is 0 Å². The summed E-state index contributed by atoms with van der Waals surface area (Å²) in [5, 5.41) is 15.2. The topological polar surface area (TPSA) is 45.1 Å². The second-order valence-corrected chi connectivity index (χ2v) is 5.33. The highest BCUT2D eigenvalue weighted by atomic mass is 32.1. The largest absolute Gasteiger partial charge is 0.386 e. The van der Waals surface area contributed by atoms with E-state index in [9.17, 15) is 9.50 Å². The first kappa shape index (κ1) is 13.0. The monoisotopic (exact) mass is 288 g/mol. The van der Waals surface area contributed by atoms with Gasteiger partial charge in [0.2, 0.25) is 0 Å². The molecule has 0 amide bonds. The number of aliphatic hydroxyl groups is 1. The van der Waals surface area contributed by atoms with Crippen LogP contribution < -0.4 is 5.32 Å². The van der Waals surface area contributed by atoms with E-state index in [-0.39, 0.29) is 6.54 Å². The Morgan fingerprint density at radius 3 is 2.95 bits per heavy atom. The second-order valence-electron chi connectivity index (χ2n) is 4.41. The molecule has 2 heterocycles. The predicted molar refractivity (Wildman–Crippen MR) is 79.5 cm³/mol. The minimum Gasteiger partial charge on any atom is -0.386 e. The van der Waals surface area contributed by atoms with E-state index in [2.05, 4.69) is 10.3 Å². The van der Waals surface area contributed by atoms with Crippen LogP contribution >= 0.6 is 11.3 Å². The molecule has 1 aromatic carbocycles. The van der Waals surface area contributed by atoms with Crippen molar-refractivity contribution in [2.45, 2.75) is 6.10 Å². The molecule has 0 aliphatic carbocycles. The number of aliphatic hydroxyl groups excluding tert-OH is 1. The molecular weight excluding hydrogens is 275 g/mol. The van der Waals surface area contributed by atoms with E-state index in [4.69, 9.17) is 0 Å². The predicted octanol–water partition coefficient (Wildman–Crippen LogP) is 3.58. The number of hydrogen-bond acceptors (Lipinski definition) is 4. The Hall–Kier alpha value is -1.98. The van der Waals surface area contributed by atoms with E-state index >= 15 is 0 Å². The summed E-state index contributed by atoms with van der Waals surface area (Å²) in [6.45, 7) is 0.248. The van der Waals surface area contributed by atoms with Gasteiger partial charge in [0.15, 0.2) is 0 Å². The fourth-order valence-corrected chi connectivity index (χ4v) is 2.92. The fourth-order valence-electron chi connectivity index (χ4n) is 2.07. The first-order chi connectivity index (χ1) is 9.75.